The molecule has 4 aliphatic rings. The van der Waals surface area contributed by atoms with Crippen molar-refractivity contribution in [2.45, 2.75) is 110 Å². The van der Waals surface area contributed by atoms with Gasteiger partial charge in [-0.3, -0.25) is 9.59 Å². The number of alkyl halides is 1. The predicted octanol–water partition coefficient (Wildman–Crippen LogP) is 7.29. The van der Waals surface area contributed by atoms with Crippen LogP contribution in [-0.2, 0) is 28.5 Å². The first-order valence-electron chi connectivity index (χ1n) is 15.0. The van der Waals surface area contributed by atoms with Gasteiger partial charge in [-0.1, -0.05) is 38.2 Å². The van der Waals surface area contributed by atoms with Gasteiger partial charge in [-0.25, -0.2) is 0 Å². The van der Waals surface area contributed by atoms with Crippen molar-refractivity contribution in [1.82, 2.24) is 0 Å². The largest absolute Gasteiger partial charge is 0.353 e. The molecule has 0 bridgehead atoms. The van der Waals surface area contributed by atoms with E-state index in [0.717, 1.165) is 102 Å². The van der Waals surface area contributed by atoms with E-state index in [-0.39, 0.29) is 48.7 Å². The van der Waals surface area contributed by atoms with Gasteiger partial charge in [-0.15, -0.1) is 11.6 Å². The number of halogens is 1. The Morgan fingerprint density at radius 1 is 0.800 bits per heavy atom. The zero-order valence-electron chi connectivity index (χ0n) is 25.1. The van der Waals surface area contributed by atoms with Gasteiger partial charge in [0, 0.05) is 30.6 Å². The smallest absolute Gasteiger partial charge is 0.157 e. The topological polar surface area (TPSA) is 71.1 Å². The summed E-state index contributed by atoms with van der Waals surface area (Å²) in [5.41, 5.74) is 1.97. The van der Waals surface area contributed by atoms with Gasteiger partial charge < -0.3 is 18.9 Å². The van der Waals surface area contributed by atoms with Crippen molar-refractivity contribution in [2.75, 3.05) is 32.3 Å². The molecule has 8 heteroatoms. The molecule has 4 atom stereocenters. The van der Waals surface area contributed by atoms with E-state index >= 15 is 0 Å². The number of rotatable bonds is 9. The van der Waals surface area contributed by atoms with Crippen molar-refractivity contribution in [3.63, 3.8) is 0 Å². The average molecular weight is 601 g/mol. The first kappa shape index (κ1) is 35.5. The fraction of sp³-hybridized carbons (Fsp3) is 0.812. The monoisotopic (exact) mass is 600 g/mol. The molecular formula is C32H53ClO6S. The van der Waals surface area contributed by atoms with Crippen LogP contribution in [0.15, 0.2) is 24.3 Å². The van der Waals surface area contributed by atoms with Crippen LogP contribution in [0.5, 0.6) is 0 Å². The summed E-state index contributed by atoms with van der Waals surface area (Å²) in [5.74, 6) is 1.55. The van der Waals surface area contributed by atoms with Crippen molar-refractivity contribution < 1.29 is 28.5 Å². The van der Waals surface area contributed by atoms with E-state index in [9.17, 15) is 9.59 Å². The Labute approximate surface area is 254 Å². The van der Waals surface area contributed by atoms with Crippen LogP contribution < -0.4 is 0 Å². The number of hydrogen-bond donors (Lipinski definition) is 0. The summed E-state index contributed by atoms with van der Waals surface area (Å²) in [6, 6.07) is 0. The van der Waals surface area contributed by atoms with Crippen LogP contribution in [0.1, 0.15) is 97.8 Å². The molecule has 2 aliphatic carbocycles. The van der Waals surface area contributed by atoms with E-state index in [1.807, 2.05) is 13.8 Å². The summed E-state index contributed by atoms with van der Waals surface area (Å²) in [6.45, 7) is 17.5. The molecule has 40 heavy (non-hydrogen) atoms. The molecule has 6 nitrogen and oxygen atoms in total. The Morgan fingerprint density at radius 2 is 1.20 bits per heavy atom. The highest BCUT2D eigenvalue weighted by Crippen LogP contribution is 2.47. The molecule has 2 aliphatic heterocycles. The second kappa shape index (κ2) is 16.8. The van der Waals surface area contributed by atoms with Gasteiger partial charge in [0.15, 0.2) is 12.6 Å². The van der Waals surface area contributed by atoms with Crippen molar-refractivity contribution in [3.05, 3.63) is 24.3 Å². The third-order valence-electron chi connectivity index (χ3n) is 9.56. The zero-order valence-corrected chi connectivity index (χ0v) is 26.8. The van der Waals surface area contributed by atoms with E-state index in [4.69, 9.17) is 30.5 Å². The third kappa shape index (κ3) is 9.67. The van der Waals surface area contributed by atoms with Gasteiger partial charge in [0.25, 0.3) is 0 Å². The molecule has 2 saturated heterocycles. The fourth-order valence-corrected chi connectivity index (χ4v) is 6.60. The third-order valence-corrected chi connectivity index (χ3v) is 9.89. The van der Waals surface area contributed by atoms with Crippen molar-refractivity contribution in [2.24, 2.45) is 22.7 Å². The van der Waals surface area contributed by atoms with E-state index in [1.165, 1.54) is 0 Å². The molecule has 0 aromatic rings. The second-order valence-electron chi connectivity index (χ2n) is 12.4. The molecule has 2 heterocycles. The number of ether oxygens (including phenoxy) is 4. The lowest BCUT2D eigenvalue weighted by Crippen LogP contribution is -2.36. The minimum Gasteiger partial charge on any atom is -0.353 e. The molecule has 0 unspecified atom stereocenters. The normalized spacial score (nSPS) is 32.0. The maximum atomic E-state index is 12.1. The standard InChI is InChI=1S/C16H25ClO3.C16H26O3.H2S/c1-12-4-6-16(10-14(12)18,13(2)11-17)7-5-15-19-8-3-9-20-15;1-12(2)16(7-5-13(3)14(17)11-16)8-6-15-18-9-4-10-19-15;/h12,15H,2-11H2,1H3;13,15H,1,4-11H2,2-3H3;1H2/t12-,16-;13-,16-;/m11./s1. The Kier molecular flexibility index (Phi) is 14.9. The molecular weight excluding hydrogens is 548 g/mol. The summed E-state index contributed by atoms with van der Waals surface area (Å²) < 4.78 is 22.4. The molecule has 4 fully saturated rings. The van der Waals surface area contributed by atoms with Gasteiger partial charge in [-0.05, 0) is 82.0 Å². The molecule has 0 N–H and O–H groups in total. The number of hydrogen-bond acceptors (Lipinski definition) is 6. The minimum absolute atomic E-state index is 0. The Hall–Kier alpha value is -0.700. The van der Waals surface area contributed by atoms with Crippen LogP contribution in [0.4, 0.5) is 0 Å². The summed E-state index contributed by atoms with van der Waals surface area (Å²) in [5, 5.41) is 0. The first-order chi connectivity index (χ1) is 18.6. The SMILES string of the molecule is C=C(C)[C@@]1(CCC2OCCCO2)CC[C@@H](C)C(=O)C1.C=C(CCl)[C@@]1(CCC2OCCCO2)CC[C@@H](C)C(=O)C1.S. The molecule has 4 rings (SSSR count). The van der Waals surface area contributed by atoms with Gasteiger partial charge >= 0.3 is 0 Å². The number of Topliss-reactive ketones (excluding diaryl/α,β-unsaturated/α-hetero) is 2. The van der Waals surface area contributed by atoms with Crippen LogP contribution in [0, 0.1) is 22.7 Å². The van der Waals surface area contributed by atoms with Gasteiger partial charge in [-0.2, -0.15) is 13.5 Å². The van der Waals surface area contributed by atoms with Crippen LogP contribution >= 0.6 is 25.1 Å². The summed E-state index contributed by atoms with van der Waals surface area (Å²) >= 11 is 6.01. The Morgan fingerprint density at radius 3 is 1.60 bits per heavy atom. The van der Waals surface area contributed by atoms with Crippen LogP contribution in [0.25, 0.3) is 0 Å². The highest BCUT2D eigenvalue weighted by molar-refractivity contribution is 7.59. The lowest BCUT2D eigenvalue weighted by atomic mass is 9.64. The van der Waals surface area contributed by atoms with E-state index in [1.54, 1.807) is 0 Å². The van der Waals surface area contributed by atoms with E-state index in [0.29, 0.717) is 30.3 Å². The summed E-state index contributed by atoms with van der Waals surface area (Å²) in [7, 11) is 0. The number of carbonyl (C=O) groups is 2. The quantitative estimate of drug-likeness (QED) is 0.204. The number of allylic oxidation sites excluding steroid dienone is 2. The Balaban J connectivity index is 0.000000274. The lowest BCUT2D eigenvalue weighted by molar-refractivity contribution is -0.184. The predicted molar refractivity (Wildman–Crippen MR) is 165 cm³/mol. The fourth-order valence-electron chi connectivity index (χ4n) is 6.32. The molecule has 0 amide bonds. The first-order valence-corrected chi connectivity index (χ1v) is 15.6. The maximum Gasteiger partial charge on any atom is 0.157 e. The highest BCUT2D eigenvalue weighted by Gasteiger charge is 2.41. The Bertz CT molecular complexity index is 852. The van der Waals surface area contributed by atoms with Crippen LogP contribution in [0.3, 0.4) is 0 Å². The molecule has 0 aromatic carbocycles. The highest BCUT2D eigenvalue weighted by atomic mass is 35.5. The summed E-state index contributed by atoms with van der Waals surface area (Å²) in [6.07, 6.45) is 10.5. The molecule has 0 radical (unpaired) electrons. The van der Waals surface area contributed by atoms with Crippen molar-refractivity contribution >= 4 is 36.7 Å². The van der Waals surface area contributed by atoms with Gasteiger partial charge in [0.05, 0.1) is 26.4 Å². The molecule has 2 saturated carbocycles. The molecule has 230 valence electrons. The number of ketones is 2. The van der Waals surface area contributed by atoms with Crippen LogP contribution in [-0.4, -0.2) is 56.5 Å². The van der Waals surface area contributed by atoms with Gasteiger partial charge in [0.1, 0.15) is 11.6 Å². The minimum atomic E-state index is -0.143. The van der Waals surface area contributed by atoms with E-state index in [2.05, 4.69) is 20.1 Å². The van der Waals surface area contributed by atoms with Crippen molar-refractivity contribution in [3.8, 4) is 0 Å². The average Bonchev–Trinajstić information content (AvgIpc) is 2.95. The number of carbonyl (C=O) groups excluding carboxylic acids is 2. The lowest BCUT2D eigenvalue weighted by Gasteiger charge is -2.41. The maximum absolute atomic E-state index is 12.1. The van der Waals surface area contributed by atoms with Crippen LogP contribution in [0.2, 0.25) is 0 Å². The molecule has 0 spiro atoms. The molecule has 0 aromatic heterocycles. The van der Waals surface area contributed by atoms with E-state index < -0.39 is 0 Å². The summed E-state index contributed by atoms with van der Waals surface area (Å²) in [4.78, 5) is 24.2. The van der Waals surface area contributed by atoms with Gasteiger partial charge in [0.2, 0.25) is 0 Å². The zero-order chi connectivity index (χ0) is 28.5. The van der Waals surface area contributed by atoms with Crippen molar-refractivity contribution in [1.29, 1.82) is 0 Å². The second-order valence-corrected chi connectivity index (χ2v) is 12.6.